The summed E-state index contributed by atoms with van der Waals surface area (Å²) >= 11 is 0. The number of hydrogen-bond donors (Lipinski definition) is 2. The number of carbonyl (C=O) groups is 1. The zero-order valence-corrected chi connectivity index (χ0v) is 11.3. The van der Waals surface area contributed by atoms with Gasteiger partial charge < -0.3 is 16.4 Å². The third-order valence-electron chi connectivity index (χ3n) is 2.59. The number of nitrogen functional groups attached to an aromatic ring is 1. The van der Waals surface area contributed by atoms with Gasteiger partial charge in [0.15, 0.2) is 0 Å². The summed E-state index contributed by atoms with van der Waals surface area (Å²) in [4.78, 5) is 17.4. The molecule has 0 aliphatic carbocycles. The maximum absolute atomic E-state index is 11.5. The van der Waals surface area contributed by atoms with E-state index in [2.05, 4.69) is 24.9 Å². The summed E-state index contributed by atoms with van der Waals surface area (Å²) in [5, 5.41) is 8.71. The van der Waals surface area contributed by atoms with Crippen LogP contribution in [0.1, 0.15) is 30.6 Å². The highest BCUT2D eigenvalue weighted by Gasteiger charge is 2.16. The van der Waals surface area contributed by atoms with Crippen LogP contribution in [0.15, 0.2) is 12.3 Å². The third-order valence-corrected chi connectivity index (χ3v) is 2.59. The van der Waals surface area contributed by atoms with Crippen LogP contribution in [0.2, 0.25) is 0 Å². The van der Waals surface area contributed by atoms with E-state index in [9.17, 15) is 4.79 Å². The van der Waals surface area contributed by atoms with Crippen molar-refractivity contribution in [3.8, 4) is 6.07 Å². The number of nitrogens with zero attached hydrogens (tertiary/aromatic N) is 3. The van der Waals surface area contributed by atoms with Gasteiger partial charge in [0.2, 0.25) is 0 Å². The first-order valence-electron chi connectivity index (χ1n) is 6.13. The monoisotopic (exact) mass is 261 g/mol. The molecule has 1 heterocycles. The van der Waals surface area contributed by atoms with Gasteiger partial charge in [-0.05, 0) is 12.0 Å². The maximum atomic E-state index is 11.5. The Kier molecular flexibility index (Phi) is 5.12. The zero-order valence-electron chi connectivity index (χ0n) is 11.3. The van der Waals surface area contributed by atoms with E-state index in [0.717, 1.165) is 0 Å². The van der Waals surface area contributed by atoms with Crippen LogP contribution in [0.4, 0.5) is 11.5 Å². The quantitative estimate of drug-likeness (QED) is 0.798. The number of hydrogen-bond acceptors (Lipinski definition) is 5. The van der Waals surface area contributed by atoms with E-state index in [1.54, 1.807) is 0 Å². The van der Waals surface area contributed by atoms with Crippen LogP contribution in [-0.2, 0) is 0 Å². The van der Waals surface area contributed by atoms with Crippen molar-refractivity contribution in [2.24, 2.45) is 11.7 Å². The Morgan fingerprint density at radius 3 is 2.79 bits per heavy atom. The molecular formula is C13H19N5O. The number of nitrogens with two attached hydrogens (primary N) is 2. The number of primary amides is 1. The number of anilines is 2. The molecule has 1 aromatic rings. The lowest BCUT2D eigenvalue weighted by Gasteiger charge is -2.27. The Hall–Kier alpha value is -2.29. The number of pyridine rings is 1. The fraction of sp³-hybridized carbons (Fsp3) is 0.462. The second-order valence-corrected chi connectivity index (χ2v) is 4.74. The van der Waals surface area contributed by atoms with Crippen LogP contribution in [0.5, 0.6) is 0 Å². The molecule has 0 aromatic carbocycles. The minimum Gasteiger partial charge on any atom is -0.384 e. The topological polar surface area (TPSA) is 109 Å². The summed E-state index contributed by atoms with van der Waals surface area (Å²) < 4.78 is 0. The second kappa shape index (κ2) is 6.59. The lowest BCUT2D eigenvalue weighted by Crippen LogP contribution is -2.31. The Bertz CT molecular complexity index is 492. The van der Waals surface area contributed by atoms with Crippen LogP contribution in [0.3, 0.4) is 0 Å². The van der Waals surface area contributed by atoms with E-state index >= 15 is 0 Å². The summed E-state index contributed by atoms with van der Waals surface area (Å²) in [6.45, 7) is 5.37. The minimum absolute atomic E-state index is 0.252. The van der Waals surface area contributed by atoms with Gasteiger partial charge in [-0.15, -0.1) is 0 Å². The molecule has 0 saturated carbocycles. The van der Waals surface area contributed by atoms with Gasteiger partial charge in [-0.3, -0.25) is 4.79 Å². The highest BCUT2D eigenvalue weighted by molar-refractivity contribution is 5.99. The van der Waals surface area contributed by atoms with Gasteiger partial charge in [-0.2, -0.15) is 5.26 Å². The molecule has 19 heavy (non-hydrogen) atoms. The smallest absolute Gasteiger partial charge is 0.251 e. The summed E-state index contributed by atoms with van der Waals surface area (Å²) in [6, 6.07) is 3.57. The molecule has 0 fully saturated rings. The summed E-state index contributed by atoms with van der Waals surface area (Å²) in [7, 11) is 0. The molecule has 102 valence electrons. The van der Waals surface area contributed by atoms with E-state index in [0.29, 0.717) is 36.7 Å². The molecule has 0 atom stereocenters. The lowest BCUT2D eigenvalue weighted by atomic mass is 10.1. The first-order valence-corrected chi connectivity index (χ1v) is 6.13. The molecule has 6 heteroatoms. The van der Waals surface area contributed by atoms with Gasteiger partial charge in [-0.25, -0.2) is 4.98 Å². The van der Waals surface area contributed by atoms with Gasteiger partial charge in [0.1, 0.15) is 5.82 Å². The molecule has 4 N–H and O–H groups in total. The van der Waals surface area contributed by atoms with Crippen molar-refractivity contribution in [3.05, 3.63) is 17.8 Å². The molecule has 0 bridgehead atoms. The molecule has 1 aromatic heterocycles. The number of rotatable bonds is 6. The van der Waals surface area contributed by atoms with Crippen molar-refractivity contribution < 1.29 is 4.79 Å². The van der Waals surface area contributed by atoms with Crippen LogP contribution in [0.25, 0.3) is 0 Å². The first-order chi connectivity index (χ1) is 8.95. The summed E-state index contributed by atoms with van der Waals surface area (Å²) in [6.07, 6.45) is 1.91. The van der Waals surface area contributed by atoms with Crippen molar-refractivity contribution in [1.29, 1.82) is 5.26 Å². The van der Waals surface area contributed by atoms with Crippen LogP contribution < -0.4 is 16.4 Å². The Morgan fingerprint density at radius 1 is 1.58 bits per heavy atom. The number of nitriles is 1. The summed E-state index contributed by atoms with van der Waals surface area (Å²) in [5.41, 5.74) is 11.9. The predicted octanol–water partition coefficient (Wildman–Crippen LogP) is 1.14. The van der Waals surface area contributed by atoms with E-state index < -0.39 is 5.91 Å². The summed E-state index contributed by atoms with van der Waals surface area (Å²) in [5.74, 6) is 0.0918. The SMILES string of the molecule is CC(C)CN(CCC#N)c1cnc(N)cc1C(N)=O. The fourth-order valence-electron chi connectivity index (χ4n) is 1.85. The molecule has 6 nitrogen and oxygen atoms in total. The molecule has 0 saturated heterocycles. The average Bonchev–Trinajstić information content (AvgIpc) is 2.34. The maximum Gasteiger partial charge on any atom is 0.251 e. The molecule has 0 spiro atoms. The molecule has 0 radical (unpaired) electrons. The van der Waals surface area contributed by atoms with Crippen molar-refractivity contribution in [3.63, 3.8) is 0 Å². The molecule has 1 amide bonds. The lowest BCUT2D eigenvalue weighted by molar-refractivity contribution is 0.100. The molecule has 0 unspecified atom stereocenters. The average molecular weight is 261 g/mol. The first kappa shape index (κ1) is 14.8. The van der Waals surface area contributed by atoms with E-state index in [1.807, 2.05) is 4.90 Å². The van der Waals surface area contributed by atoms with Gasteiger partial charge >= 0.3 is 0 Å². The Balaban J connectivity index is 3.13. The Labute approximate surface area is 113 Å². The highest BCUT2D eigenvalue weighted by atomic mass is 16.1. The van der Waals surface area contributed by atoms with Crippen LogP contribution in [0, 0.1) is 17.2 Å². The standard InChI is InChI=1S/C13H19N5O/c1-9(2)8-18(5-3-4-14)11-7-17-12(15)6-10(11)13(16)19/h6-7,9H,3,5,8H2,1-2H3,(H2,15,17)(H2,16,19). The van der Waals surface area contributed by atoms with Gasteiger partial charge in [-0.1, -0.05) is 13.8 Å². The van der Waals surface area contributed by atoms with Crippen LogP contribution in [-0.4, -0.2) is 24.0 Å². The van der Waals surface area contributed by atoms with Gasteiger partial charge in [0.05, 0.1) is 29.9 Å². The molecular weight excluding hydrogens is 242 g/mol. The Morgan fingerprint density at radius 2 is 2.26 bits per heavy atom. The van der Waals surface area contributed by atoms with Crippen molar-refractivity contribution >= 4 is 17.4 Å². The largest absolute Gasteiger partial charge is 0.384 e. The number of carbonyl (C=O) groups excluding carboxylic acids is 1. The van der Waals surface area contributed by atoms with Crippen molar-refractivity contribution in [1.82, 2.24) is 4.98 Å². The minimum atomic E-state index is -0.546. The van der Waals surface area contributed by atoms with Crippen LogP contribution >= 0.6 is 0 Å². The normalized spacial score (nSPS) is 10.2. The molecule has 0 aliphatic rings. The van der Waals surface area contributed by atoms with Crippen molar-refractivity contribution in [2.45, 2.75) is 20.3 Å². The number of aromatic nitrogens is 1. The second-order valence-electron chi connectivity index (χ2n) is 4.74. The fourth-order valence-corrected chi connectivity index (χ4v) is 1.85. The van der Waals surface area contributed by atoms with E-state index in [4.69, 9.17) is 16.7 Å². The number of amides is 1. The molecule has 0 aliphatic heterocycles. The predicted molar refractivity (Wildman–Crippen MR) is 74.4 cm³/mol. The van der Waals surface area contributed by atoms with Crippen molar-refractivity contribution in [2.75, 3.05) is 23.7 Å². The van der Waals surface area contributed by atoms with Gasteiger partial charge in [0.25, 0.3) is 5.91 Å². The highest BCUT2D eigenvalue weighted by Crippen LogP contribution is 2.22. The van der Waals surface area contributed by atoms with Gasteiger partial charge in [0, 0.05) is 13.1 Å². The van der Waals surface area contributed by atoms with E-state index in [-0.39, 0.29) is 5.82 Å². The zero-order chi connectivity index (χ0) is 14.4. The molecule has 1 rings (SSSR count). The third kappa shape index (κ3) is 4.14. The van der Waals surface area contributed by atoms with E-state index in [1.165, 1.54) is 12.3 Å².